The number of aliphatic hydroxyl groups is 1. The summed E-state index contributed by atoms with van der Waals surface area (Å²) < 4.78 is 0. The molecule has 2 aromatic rings. The van der Waals surface area contributed by atoms with Gasteiger partial charge in [0.1, 0.15) is 6.04 Å². The Morgan fingerprint density at radius 1 is 1.12 bits per heavy atom. The largest absolute Gasteiger partial charge is 0.396 e. The monoisotopic (exact) mass is 434 g/mol. The van der Waals surface area contributed by atoms with Gasteiger partial charge in [-0.15, -0.1) is 0 Å². The molecule has 8 heteroatoms. The number of benzene rings is 1. The van der Waals surface area contributed by atoms with Crippen molar-refractivity contribution >= 4 is 17.7 Å². The van der Waals surface area contributed by atoms with Gasteiger partial charge in [-0.1, -0.05) is 6.07 Å². The van der Waals surface area contributed by atoms with Gasteiger partial charge in [-0.2, -0.15) is 0 Å². The molecular formula is C24H26N4O4. The maximum Gasteiger partial charge on any atom is 0.255 e. The molecule has 2 fully saturated rings. The summed E-state index contributed by atoms with van der Waals surface area (Å²) in [5.41, 5.74) is 4.40. The van der Waals surface area contributed by atoms with Crippen LogP contribution in [0.5, 0.6) is 0 Å². The van der Waals surface area contributed by atoms with Crippen molar-refractivity contribution in [2.45, 2.75) is 38.4 Å². The number of hydrogen-bond acceptors (Lipinski definition) is 6. The van der Waals surface area contributed by atoms with Gasteiger partial charge in [0.15, 0.2) is 0 Å². The second-order valence-corrected chi connectivity index (χ2v) is 8.89. The highest BCUT2D eigenvalue weighted by molar-refractivity contribution is 6.05. The Morgan fingerprint density at radius 2 is 2.00 bits per heavy atom. The molecule has 3 aliphatic rings. The quantitative estimate of drug-likeness (QED) is 0.689. The van der Waals surface area contributed by atoms with Gasteiger partial charge in [-0.3, -0.25) is 29.6 Å². The van der Waals surface area contributed by atoms with Crippen LogP contribution in [0.15, 0.2) is 36.5 Å². The van der Waals surface area contributed by atoms with Crippen molar-refractivity contribution in [3.63, 3.8) is 0 Å². The van der Waals surface area contributed by atoms with Crippen molar-refractivity contribution in [2.24, 2.45) is 5.92 Å². The number of aliphatic hydroxyl groups excluding tert-OH is 1. The lowest BCUT2D eigenvalue weighted by Gasteiger charge is -2.29. The molecule has 1 unspecified atom stereocenters. The van der Waals surface area contributed by atoms with Gasteiger partial charge in [0.2, 0.25) is 11.8 Å². The molecule has 166 valence electrons. The summed E-state index contributed by atoms with van der Waals surface area (Å²) in [6.07, 6.45) is 3.43. The summed E-state index contributed by atoms with van der Waals surface area (Å²) in [5.74, 6) is -0.500. The first-order valence-electron chi connectivity index (χ1n) is 11.1. The molecule has 0 saturated carbocycles. The van der Waals surface area contributed by atoms with E-state index in [2.05, 4.69) is 21.3 Å². The number of nitrogens with zero attached hydrogens (tertiary/aromatic N) is 3. The minimum Gasteiger partial charge on any atom is -0.396 e. The number of nitrogens with one attached hydrogen (secondary N) is 1. The summed E-state index contributed by atoms with van der Waals surface area (Å²) in [6, 6.07) is 9.15. The topological polar surface area (TPSA) is 103 Å². The lowest BCUT2D eigenvalue weighted by Crippen LogP contribution is -2.52. The van der Waals surface area contributed by atoms with E-state index in [-0.39, 0.29) is 24.8 Å². The van der Waals surface area contributed by atoms with E-state index in [1.807, 2.05) is 18.2 Å². The highest BCUT2D eigenvalue weighted by Crippen LogP contribution is 2.31. The average molecular weight is 434 g/mol. The fourth-order valence-electron chi connectivity index (χ4n) is 4.93. The molecule has 8 nitrogen and oxygen atoms in total. The number of likely N-dealkylation sites (tertiary alicyclic amines) is 1. The molecule has 3 aliphatic heterocycles. The molecule has 5 rings (SSSR count). The van der Waals surface area contributed by atoms with Crippen LogP contribution in [0.1, 0.15) is 40.7 Å². The Morgan fingerprint density at radius 3 is 2.78 bits per heavy atom. The van der Waals surface area contributed by atoms with Crippen LogP contribution in [-0.2, 0) is 22.7 Å². The zero-order valence-electron chi connectivity index (χ0n) is 17.8. The van der Waals surface area contributed by atoms with Gasteiger partial charge in [-0.05, 0) is 60.7 Å². The molecule has 1 aromatic carbocycles. The lowest BCUT2D eigenvalue weighted by molar-refractivity contribution is -0.136. The van der Waals surface area contributed by atoms with Crippen molar-refractivity contribution in [2.75, 3.05) is 19.7 Å². The number of carbonyl (C=O) groups is 3. The number of carbonyl (C=O) groups excluding carboxylic acids is 3. The molecule has 0 radical (unpaired) electrons. The van der Waals surface area contributed by atoms with Crippen LogP contribution < -0.4 is 5.32 Å². The Bertz CT molecular complexity index is 1090. The summed E-state index contributed by atoms with van der Waals surface area (Å²) in [4.78, 5) is 45.0. The zero-order valence-corrected chi connectivity index (χ0v) is 17.8. The van der Waals surface area contributed by atoms with Crippen LogP contribution in [0.25, 0.3) is 11.3 Å². The van der Waals surface area contributed by atoms with Crippen LogP contribution >= 0.6 is 0 Å². The minimum atomic E-state index is -0.610. The molecule has 2 N–H and O–H groups in total. The predicted octanol–water partition coefficient (Wildman–Crippen LogP) is 1.32. The fourth-order valence-corrected chi connectivity index (χ4v) is 4.93. The van der Waals surface area contributed by atoms with Gasteiger partial charge in [0, 0.05) is 50.0 Å². The van der Waals surface area contributed by atoms with Crippen molar-refractivity contribution in [1.82, 2.24) is 20.1 Å². The summed E-state index contributed by atoms with van der Waals surface area (Å²) in [6.45, 7) is 3.30. The molecule has 3 amide bonds. The Hall–Kier alpha value is -3.10. The second kappa shape index (κ2) is 8.44. The summed E-state index contributed by atoms with van der Waals surface area (Å²) >= 11 is 0. The van der Waals surface area contributed by atoms with E-state index in [0.717, 1.165) is 48.4 Å². The van der Waals surface area contributed by atoms with Gasteiger partial charge in [-0.25, -0.2) is 0 Å². The highest BCUT2D eigenvalue weighted by Gasteiger charge is 2.39. The normalized spacial score (nSPS) is 23.5. The van der Waals surface area contributed by atoms with E-state index in [4.69, 9.17) is 0 Å². The highest BCUT2D eigenvalue weighted by atomic mass is 16.3. The molecule has 2 saturated heterocycles. The average Bonchev–Trinajstić information content (AvgIpc) is 3.38. The number of aromatic nitrogens is 1. The van der Waals surface area contributed by atoms with E-state index in [9.17, 15) is 19.5 Å². The molecule has 0 aliphatic carbocycles. The SMILES string of the molecule is O=C1CCC(N2Cc3cc(-c4cc(CN5CC[C@@H](CO)C5)ccn4)ccc3C2=O)C(=O)N1. The Kier molecular flexibility index (Phi) is 5.48. The van der Waals surface area contributed by atoms with Gasteiger partial charge < -0.3 is 10.0 Å². The van der Waals surface area contributed by atoms with E-state index in [1.165, 1.54) is 0 Å². The fraction of sp³-hybridized carbons (Fsp3) is 0.417. The van der Waals surface area contributed by atoms with E-state index < -0.39 is 11.9 Å². The number of imide groups is 1. The summed E-state index contributed by atoms with van der Waals surface area (Å²) in [7, 11) is 0. The molecule has 2 atom stereocenters. The molecule has 4 heterocycles. The molecular weight excluding hydrogens is 408 g/mol. The van der Waals surface area contributed by atoms with Crippen molar-refractivity contribution in [3.05, 3.63) is 53.2 Å². The number of amides is 3. The number of fused-ring (bicyclic) bond motifs is 1. The number of rotatable bonds is 5. The van der Waals surface area contributed by atoms with Gasteiger partial charge in [0.25, 0.3) is 5.91 Å². The first kappa shape index (κ1) is 20.8. The molecule has 32 heavy (non-hydrogen) atoms. The van der Waals surface area contributed by atoms with Crippen LogP contribution in [-0.4, -0.2) is 63.4 Å². The third-order valence-electron chi connectivity index (χ3n) is 6.68. The molecule has 0 spiro atoms. The van der Waals surface area contributed by atoms with Crippen LogP contribution in [0.3, 0.4) is 0 Å². The minimum absolute atomic E-state index is 0.171. The third kappa shape index (κ3) is 3.91. The van der Waals surface area contributed by atoms with Crippen LogP contribution in [0.2, 0.25) is 0 Å². The first-order valence-corrected chi connectivity index (χ1v) is 11.1. The molecule has 0 bridgehead atoms. The van der Waals surface area contributed by atoms with Crippen LogP contribution in [0, 0.1) is 5.92 Å². The predicted molar refractivity (Wildman–Crippen MR) is 116 cm³/mol. The first-order chi connectivity index (χ1) is 15.5. The van der Waals surface area contributed by atoms with E-state index >= 15 is 0 Å². The van der Waals surface area contributed by atoms with Crippen molar-refractivity contribution in [3.8, 4) is 11.3 Å². The summed E-state index contributed by atoms with van der Waals surface area (Å²) in [5, 5.41) is 11.7. The number of pyridine rings is 1. The van der Waals surface area contributed by atoms with E-state index in [0.29, 0.717) is 24.4 Å². The maximum atomic E-state index is 12.9. The van der Waals surface area contributed by atoms with Gasteiger partial charge in [0.05, 0.1) is 5.69 Å². The van der Waals surface area contributed by atoms with Crippen LogP contribution in [0.4, 0.5) is 0 Å². The standard InChI is InChI=1S/C24H26N4O4/c29-14-16-6-8-27(12-16)11-15-5-7-25-20(9-15)17-1-2-19-18(10-17)13-28(24(19)32)21-3-4-22(30)26-23(21)31/h1-2,5,7,9-10,16,21,29H,3-4,6,8,11-14H2,(H,26,30,31)/t16-,21?/m1/s1. The lowest BCUT2D eigenvalue weighted by atomic mass is 10.0. The zero-order chi connectivity index (χ0) is 22.2. The Labute approximate surface area is 186 Å². The Balaban J connectivity index is 1.33. The molecule has 1 aromatic heterocycles. The van der Waals surface area contributed by atoms with Crippen molar-refractivity contribution < 1.29 is 19.5 Å². The smallest absolute Gasteiger partial charge is 0.255 e. The van der Waals surface area contributed by atoms with Crippen molar-refractivity contribution in [1.29, 1.82) is 0 Å². The number of piperidine rings is 1. The maximum absolute atomic E-state index is 12.9. The van der Waals surface area contributed by atoms with E-state index in [1.54, 1.807) is 17.2 Å². The second-order valence-electron chi connectivity index (χ2n) is 8.89. The number of hydrogen-bond donors (Lipinski definition) is 2. The third-order valence-corrected chi connectivity index (χ3v) is 6.68. The van der Waals surface area contributed by atoms with Gasteiger partial charge >= 0.3 is 0 Å².